The third-order valence-electron chi connectivity index (χ3n) is 8.37. The van der Waals surface area contributed by atoms with E-state index < -0.39 is 0 Å². The van der Waals surface area contributed by atoms with Gasteiger partial charge in [-0.05, 0) is 133 Å². The highest BCUT2D eigenvalue weighted by Gasteiger charge is 2.11. The molecule has 49 heavy (non-hydrogen) atoms. The van der Waals surface area contributed by atoms with Crippen molar-refractivity contribution >= 4 is 62.2 Å². The van der Waals surface area contributed by atoms with E-state index in [4.69, 9.17) is 60.6 Å². The summed E-state index contributed by atoms with van der Waals surface area (Å²) in [5.74, 6) is 0. The van der Waals surface area contributed by atoms with E-state index in [2.05, 4.69) is 48.5 Å². The van der Waals surface area contributed by atoms with Crippen molar-refractivity contribution in [3.63, 3.8) is 0 Å². The van der Waals surface area contributed by atoms with E-state index in [1.54, 1.807) is 0 Å². The first kappa shape index (κ1) is 40.5. The number of ether oxygens (including phenoxy) is 3. The summed E-state index contributed by atoms with van der Waals surface area (Å²) in [6.45, 7) is 3.93. The van der Waals surface area contributed by atoms with Crippen molar-refractivity contribution in [3.8, 4) is 0 Å². The first-order chi connectivity index (χ1) is 23.9. The van der Waals surface area contributed by atoms with Crippen LogP contribution in [-0.4, -0.2) is 76.6 Å². The van der Waals surface area contributed by atoms with Crippen molar-refractivity contribution in [3.05, 3.63) is 139 Å². The molecule has 0 aromatic heterocycles. The summed E-state index contributed by atoms with van der Waals surface area (Å²) in [6.07, 6.45) is 11.2. The van der Waals surface area contributed by atoms with Crippen LogP contribution in [0.4, 0.5) is 0 Å². The predicted octanol–water partition coefficient (Wildman–Crippen LogP) is 11.6. The molecule has 3 nitrogen and oxygen atoms in total. The van der Waals surface area contributed by atoms with Crippen LogP contribution in [0.3, 0.4) is 0 Å². The maximum Gasteiger partial charge on any atom is 0.0701 e. The van der Waals surface area contributed by atoms with E-state index in [0.717, 1.165) is 71.3 Å². The Balaban J connectivity index is 1.08. The number of hydrogen-bond donors (Lipinski definition) is 0. The molecule has 4 aromatic carbocycles. The minimum Gasteiger partial charge on any atom is -0.379 e. The molecule has 0 bridgehead atoms. The molecule has 0 aliphatic carbocycles. The van der Waals surface area contributed by atoms with E-state index >= 15 is 0 Å². The molecule has 0 heterocycles. The number of hydrogen-bond acceptors (Lipinski definition) is 3. The zero-order valence-corrected chi connectivity index (χ0v) is 33.0. The molecule has 0 spiro atoms. The third kappa shape index (κ3) is 17.7. The number of aryl methyl sites for hydroxylation is 4. The minimum absolute atomic E-state index is 0.160. The molecule has 0 aliphatic rings. The second kappa shape index (κ2) is 24.1. The highest BCUT2D eigenvalue weighted by atomic mass is 35.5. The SMILES string of the molecule is Clc1ccc(CCP(CCOCCOCCOCCP(CCc2ccc(Cl)cc2)CCc2ccc(Cl)cc2)CCc2ccc(Cl)cc2)cc1. The van der Waals surface area contributed by atoms with E-state index in [0.29, 0.717) is 26.4 Å². The summed E-state index contributed by atoms with van der Waals surface area (Å²) in [7, 11) is -0.319. The third-order valence-corrected chi connectivity index (χ3v) is 14.4. The Morgan fingerprint density at radius 2 is 0.531 bits per heavy atom. The first-order valence-corrected chi connectivity index (χ1v) is 22.4. The van der Waals surface area contributed by atoms with Crippen molar-refractivity contribution in [2.75, 3.05) is 76.6 Å². The van der Waals surface area contributed by atoms with Gasteiger partial charge in [-0.15, -0.1) is 15.8 Å². The molecule has 0 unspecified atom stereocenters. The van der Waals surface area contributed by atoms with Crippen LogP contribution in [0, 0.1) is 0 Å². The van der Waals surface area contributed by atoms with Gasteiger partial charge in [0.2, 0.25) is 0 Å². The van der Waals surface area contributed by atoms with Gasteiger partial charge in [-0.3, -0.25) is 0 Å². The topological polar surface area (TPSA) is 27.7 Å². The van der Waals surface area contributed by atoms with Crippen molar-refractivity contribution in [2.45, 2.75) is 25.7 Å². The summed E-state index contributed by atoms with van der Waals surface area (Å²) < 4.78 is 17.8. The van der Waals surface area contributed by atoms with Crippen LogP contribution < -0.4 is 0 Å². The van der Waals surface area contributed by atoms with E-state index in [1.165, 1.54) is 46.9 Å². The molecule has 0 radical (unpaired) electrons. The Morgan fingerprint density at radius 1 is 0.306 bits per heavy atom. The fourth-order valence-corrected chi connectivity index (χ4v) is 10.3. The number of rotatable bonds is 24. The lowest BCUT2D eigenvalue weighted by molar-refractivity contribution is 0.0203. The van der Waals surface area contributed by atoms with Gasteiger partial charge >= 0.3 is 0 Å². The number of benzene rings is 4. The lowest BCUT2D eigenvalue weighted by atomic mass is 10.2. The van der Waals surface area contributed by atoms with Crippen LogP contribution in [-0.2, 0) is 39.9 Å². The smallest absolute Gasteiger partial charge is 0.0701 e. The van der Waals surface area contributed by atoms with Gasteiger partial charge in [-0.25, -0.2) is 0 Å². The average Bonchev–Trinajstić information content (AvgIpc) is 3.11. The van der Waals surface area contributed by atoms with Crippen LogP contribution in [0.25, 0.3) is 0 Å². The van der Waals surface area contributed by atoms with Crippen molar-refractivity contribution < 1.29 is 14.2 Å². The predicted molar refractivity (Wildman–Crippen MR) is 216 cm³/mol. The first-order valence-electron chi connectivity index (χ1n) is 17.1. The Bertz CT molecular complexity index is 1230. The highest BCUT2D eigenvalue weighted by Crippen LogP contribution is 2.38. The Kier molecular flexibility index (Phi) is 19.9. The fourth-order valence-electron chi connectivity index (χ4n) is 5.35. The quantitative estimate of drug-likeness (QED) is 0.0524. The zero-order valence-electron chi connectivity index (χ0n) is 28.2. The number of halogens is 4. The molecule has 0 fully saturated rings. The second-order valence-electron chi connectivity index (χ2n) is 12.0. The fraction of sp³-hybridized carbons (Fsp3) is 0.400. The van der Waals surface area contributed by atoms with Crippen LogP contribution in [0.15, 0.2) is 97.1 Å². The van der Waals surface area contributed by atoms with Crippen LogP contribution in [0.5, 0.6) is 0 Å². The molecular weight excluding hydrogens is 732 g/mol. The summed E-state index contributed by atoms with van der Waals surface area (Å²) in [5.41, 5.74) is 5.36. The summed E-state index contributed by atoms with van der Waals surface area (Å²) in [6, 6.07) is 32.9. The molecule has 264 valence electrons. The molecule has 4 rings (SSSR count). The molecular formula is C40H48Cl4O3P2. The lowest BCUT2D eigenvalue weighted by Crippen LogP contribution is -2.13. The van der Waals surface area contributed by atoms with Crippen molar-refractivity contribution in [2.24, 2.45) is 0 Å². The molecule has 0 aliphatic heterocycles. The largest absolute Gasteiger partial charge is 0.379 e. The molecule has 0 atom stereocenters. The monoisotopic (exact) mass is 778 g/mol. The van der Waals surface area contributed by atoms with E-state index in [1.807, 2.05) is 48.5 Å². The second-order valence-corrected chi connectivity index (χ2v) is 19.1. The average molecular weight is 781 g/mol. The van der Waals surface area contributed by atoms with Gasteiger partial charge in [0, 0.05) is 20.1 Å². The van der Waals surface area contributed by atoms with E-state index in [9.17, 15) is 0 Å². The van der Waals surface area contributed by atoms with Gasteiger partial charge in [0.25, 0.3) is 0 Å². The van der Waals surface area contributed by atoms with Crippen molar-refractivity contribution in [1.29, 1.82) is 0 Å². The highest BCUT2D eigenvalue weighted by molar-refractivity contribution is 7.57. The molecule has 0 amide bonds. The molecule has 0 saturated heterocycles. The van der Waals surface area contributed by atoms with Crippen LogP contribution >= 0.6 is 62.2 Å². The molecule has 0 saturated carbocycles. The van der Waals surface area contributed by atoms with Crippen LogP contribution in [0.1, 0.15) is 22.3 Å². The van der Waals surface area contributed by atoms with Gasteiger partial charge in [0.15, 0.2) is 0 Å². The maximum atomic E-state index is 6.09. The standard InChI is InChI=1S/C40H48Cl4O3P2/c41-37-9-1-33(2-10-37)17-27-48(28-18-34-3-11-38(42)12-4-34)31-25-46-23-21-45-22-24-47-26-32-49(29-19-35-5-13-39(43)14-6-35)30-20-36-7-15-40(44)16-8-36/h1-16H,17-32H2. The normalized spacial score (nSPS) is 11.6. The Hall–Kier alpha value is -1.22. The lowest BCUT2D eigenvalue weighted by Gasteiger charge is -2.19. The van der Waals surface area contributed by atoms with Gasteiger partial charge in [-0.2, -0.15) is 0 Å². The zero-order chi connectivity index (χ0) is 34.5. The Labute approximate surface area is 316 Å². The maximum absolute atomic E-state index is 6.09. The van der Waals surface area contributed by atoms with Gasteiger partial charge in [0.05, 0.1) is 39.6 Å². The van der Waals surface area contributed by atoms with Gasteiger partial charge in [0.1, 0.15) is 0 Å². The van der Waals surface area contributed by atoms with E-state index in [-0.39, 0.29) is 15.8 Å². The minimum atomic E-state index is -0.160. The summed E-state index contributed by atoms with van der Waals surface area (Å²) in [5, 5.41) is 3.14. The molecule has 0 N–H and O–H groups in total. The molecule has 4 aromatic rings. The molecule has 9 heteroatoms. The van der Waals surface area contributed by atoms with Gasteiger partial charge < -0.3 is 14.2 Å². The van der Waals surface area contributed by atoms with Gasteiger partial charge in [-0.1, -0.05) is 94.9 Å². The van der Waals surface area contributed by atoms with Crippen LogP contribution in [0.2, 0.25) is 20.1 Å². The van der Waals surface area contributed by atoms with Crippen molar-refractivity contribution in [1.82, 2.24) is 0 Å². The Morgan fingerprint density at radius 3 is 0.776 bits per heavy atom. The summed E-state index contributed by atoms with van der Waals surface area (Å²) >= 11 is 24.3. The summed E-state index contributed by atoms with van der Waals surface area (Å²) in [4.78, 5) is 0.